The van der Waals surface area contributed by atoms with Gasteiger partial charge >= 0.3 is 6.03 Å². The Bertz CT molecular complexity index is 1310. The maximum atomic E-state index is 13.5. The Balaban J connectivity index is 1.40. The molecule has 0 radical (unpaired) electrons. The number of benzene rings is 2. The molecule has 2 fully saturated rings. The van der Waals surface area contributed by atoms with Crippen LogP contribution in [0.3, 0.4) is 0 Å². The zero-order valence-electron chi connectivity index (χ0n) is 19.5. The van der Waals surface area contributed by atoms with Crippen molar-refractivity contribution >= 4 is 27.9 Å². The first-order valence-corrected chi connectivity index (χ1v) is 12.4. The third-order valence-corrected chi connectivity index (χ3v) is 8.25. The SMILES string of the molecule is COc1ccc([C@]2(C)NC(=O)N(CC(=O)N3CCN(S(=O)(=O)c4ccc(F)c(F)c4)CC3)C2=O)cc1. The predicted molar refractivity (Wildman–Crippen MR) is 122 cm³/mol. The molecule has 2 heterocycles. The molecule has 2 aromatic rings. The lowest BCUT2D eigenvalue weighted by molar-refractivity contribution is -0.139. The fourth-order valence-corrected chi connectivity index (χ4v) is 5.59. The molecule has 0 aromatic heterocycles. The summed E-state index contributed by atoms with van der Waals surface area (Å²) in [5.74, 6) is -2.97. The molecule has 0 aliphatic carbocycles. The van der Waals surface area contributed by atoms with E-state index in [1.807, 2.05) is 0 Å². The van der Waals surface area contributed by atoms with Gasteiger partial charge in [-0.1, -0.05) is 12.1 Å². The topological polar surface area (TPSA) is 116 Å². The number of carbonyl (C=O) groups is 3. The minimum atomic E-state index is -4.09. The molecule has 0 unspecified atom stereocenters. The van der Waals surface area contributed by atoms with Crippen molar-refractivity contribution in [2.75, 3.05) is 39.8 Å². The van der Waals surface area contributed by atoms with Crippen LogP contribution in [0, 0.1) is 11.6 Å². The molecule has 1 atom stereocenters. The number of imide groups is 1. The molecule has 4 rings (SSSR count). The zero-order valence-corrected chi connectivity index (χ0v) is 20.3. The van der Waals surface area contributed by atoms with Crippen LogP contribution in [0.4, 0.5) is 13.6 Å². The number of hydrogen-bond donors (Lipinski definition) is 1. The van der Waals surface area contributed by atoms with Gasteiger partial charge in [0.15, 0.2) is 11.6 Å². The van der Waals surface area contributed by atoms with Crippen LogP contribution in [0.2, 0.25) is 0 Å². The fraction of sp³-hybridized carbons (Fsp3) is 0.348. The summed E-state index contributed by atoms with van der Waals surface area (Å²) in [6, 6.07) is 8.21. The molecule has 2 saturated heterocycles. The van der Waals surface area contributed by atoms with Crippen LogP contribution in [0.5, 0.6) is 5.75 Å². The van der Waals surface area contributed by atoms with E-state index < -0.39 is 56.5 Å². The summed E-state index contributed by atoms with van der Waals surface area (Å²) in [6.45, 7) is 0.865. The van der Waals surface area contributed by atoms with E-state index in [1.54, 1.807) is 31.2 Å². The molecule has 0 saturated carbocycles. The molecule has 0 spiro atoms. The van der Waals surface area contributed by atoms with Gasteiger partial charge in [-0.2, -0.15) is 4.31 Å². The molecule has 2 aliphatic rings. The molecule has 2 aromatic carbocycles. The number of nitrogens with one attached hydrogen (secondary N) is 1. The summed E-state index contributed by atoms with van der Waals surface area (Å²) < 4.78 is 58.4. The maximum Gasteiger partial charge on any atom is 0.325 e. The molecule has 13 heteroatoms. The first-order valence-electron chi connectivity index (χ1n) is 11.0. The van der Waals surface area contributed by atoms with E-state index >= 15 is 0 Å². The van der Waals surface area contributed by atoms with Crippen LogP contribution in [0.1, 0.15) is 12.5 Å². The molecule has 2 aliphatic heterocycles. The van der Waals surface area contributed by atoms with E-state index in [4.69, 9.17) is 4.74 Å². The number of sulfonamides is 1. The number of urea groups is 1. The summed E-state index contributed by atoms with van der Waals surface area (Å²) in [4.78, 5) is 40.3. The van der Waals surface area contributed by atoms with Crippen LogP contribution >= 0.6 is 0 Å². The van der Waals surface area contributed by atoms with Gasteiger partial charge in [-0.25, -0.2) is 22.0 Å². The second kappa shape index (κ2) is 9.47. The van der Waals surface area contributed by atoms with Gasteiger partial charge in [0.2, 0.25) is 15.9 Å². The summed E-state index contributed by atoms with van der Waals surface area (Å²) in [7, 11) is -2.59. The first kappa shape index (κ1) is 25.5. The first-order chi connectivity index (χ1) is 17.0. The summed E-state index contributed by atoms with van der Waals surface area (Å²) in [5.41, 5.74) is -0.839. The van der Waals surface area contributed by atoms with Gasteiger partial charge < -0.3 is 15.0 Å². The summed E-state index contributed by atoms with van der Waals surface area (Å²) in [5, 5.41) is 2.63. The third-order valence-electron chi connectivity index (χ3n) is 6.36. The number of amides is 4. The Labute approximate surface area is 206 Å². The van der Waals surface area contributed by atoms with E-state index in [2.05, 4.69) is 5.32 Å². The van der Waals surface area contributed by atoms with Gasteiger partial charge in [0.25, 0.3) is 5.91 Å². The molecule has 1 N–H and O–H groups in total. The molecular formula is C23H24F2N4O6S. The number of halogens is 2. The van der Waals surface area contributed by atoms with Gasteiger partial charge in [-0.05, 0) is 42.8 Å². The van der Waals surface area contributed by atoms with Crippen LogP contribution in [0.25, 0.3) is 0 Å². The summed E-state index contributed by atoms with van der Waals surface area (Å²) >= 11 is 0. The normalized spacial score (nSPS) is 21.0. The number of piperazine rings is 1. The van der Waals surface area contributed by atoms with Crippen molar-refractivity contribution in [2.24, 2.45) is 0 Å². The zero-order chi connectivity index (χ0) is 26.3. The van der Waals surface area contributed by atoms with E-state index in [1.165, 1.54) is 12.0 Å². The lowest BCUT2D eigenvalue weighted by Gasteiger charge is -2.34. The smallest absolute Gasteiger partial charge is 0.325 e. The number of nitrogens with zero attached hydrogens (tertiary/aromatic N) is 3. The minimum absolute atomic E-state index is 0.00113. The van der Waals surface area contributed by atoms with Crippen molar-refractivity contribution < 1.29 is 36.3 Å². The standard InChI is InChI=1S/C23H24F2N4O6S/c1-23(15-3-5-16(35-2)6-4-15)21(31)29(22(32)26-23)14-20(30)27-9-11-28(12-10-27)36(33,34)17-7-8-18(24)19(25)13-17/h3-8,13H,9-12,14H2,1-2H3,(H,26,32)/t23-/m0/s1. The molecule has 0 bridgehead atoms. The predicted octanol–water partition coefficient (Wildman–Crippen LogP) is 1.27. The lowest BCUT2D eigenvalue weighted by atomic mass is 9.92. The fourth-order valence-electron chi connectivity index (χ4n) is 4.16. The second-order valence-corrected chi connectivity index (χ2v) is 10.5. The number of ether oxygens (including phenoxy) is 1. The highest BCUT2D eigenvalue weighted by Crippen LogP contribution is 2.30. The average molecular weight is 523 g/mol. The van der Waals surface area contributed by atoms with Crippen molar-refractivity contribution in [3.8, 4) is 5.75 Å². The highest BCUT2D eigenvalue weighted by Gasteiger charge is 2.49. The number of hydrogen-bond acceptors (Lipinski definition) is 6. The number of methoxy groups -OCH3 is 1. The van der Waals surface area contributed by atoms with Crippen LogP contribution < -0.4 is 10.1 Å². The Morgan fingerprint density at radius 3 is 2.25 bits per heavy atom. The number of carbonyl (C=O) groups excluding carboxylic acids is 3. The minimum Gasteiger partial charge on any atom is -0.497 e. The molecule has 36 heavy (non-hydrogen) atoms. The van der Waals surface area contributed by atoms with Gasteiger partial charge in [-0.3, -0.25) is 14.5 Å². The van der Waals surface area contributed by atoms with Crippen molar-refractivity contribution in [2.45, 2.75) is 17.4 Å². The Morgan fingerprint density at radius 1 is 1.03 bits per heavy atom. The van der Waals surface area contributed by atoms with E-state index in [-0.39, 0.29) is 26.2 Å². The Hall–Kier alpha value is -3.58. The third kappa shape index (κ3) is 4.51. The molecule has 10 nitrogen and oxygen atoms in total. The van der Waals surface area contributed by atoms with Gasteiger partial charge in [0.05, 0.1) is 12.0 Å². The van der Waals surface area contributed by atoms with Gasteiger partial charge in [0.1, 0.15) is 17.8 Å². The van der Waals surface area contributed by atoms with E-state index in [9.17, 15) is 31.6 Å². The van der Waals surface area contributed by atoms with E-state index in [0.717, 1.165) is 21.3 Å². The van der Waals surface area contributed by atoms with Gasteiger partial charge in [0, 0.05) is 26.2 Å². The summed E-state index contributed by atoms with van der Waals surface area (Å²) in [6.07, 6.45) is 0. The highest BCUT2D eigenvalue weighted by molar-refractivity contribution is 7.89. The largest absolute Gasteiger partial charge is 0.497 e. The average Bonchev–Trinajstić information content (AvgIpc) is 3.09. The van der Waals surface area contributed by atoms with Gasteiger partial charge in [-0.15, -0.1) is 0 Å². The van der Waals surface area contributed by atoms with Crippen molar-refractivity contribution in [3.05, 3.63) is 59.7 Å². The molecular weight excluding hydrogens is 498 g/mol. The van der Waals surface area contributed by atoms with E-state index in [0.29, 0.717) is 17.4 Å². The molecule has 192 valence electrons. The van der Waals surface area contributed by atoms with Crippen LogP contribution in [-0.4, -0.2) is 80.2 Å². The van der Waals surface area contributed by atoms with Crippen LogP contribution in [-0.2, 0) is 25.2 Å². The van der Waals surface area contributed by atoms with Crippen molar-refractivity contribution in [3.63, 3.8) is 0 Å². The number of rotatable bonds is 6. The van der Waals surface area contributed by atoms with Crippen molar-refractivity contribution in [1.82, 2.24) is 19.4 Å². The monoisotopic (exact) mass is 522 g/mol. The Morgan fingerprint density at radius 2 is 1.67 bits per heavy atom. The van der Waals surface area contributed by atoms with Crippen LogP contribution in [0.15, 0.2) is 47.4 Å². The maximum absolute atomic E-state index is 13.5. The highest BCUT2D eigenvalue weighted by atomic mass is 32.2. The Kier molecular flexibility index (Phi) is 6.71. The lowest BCUT2D eigenvalue weighted by Crippen LogP contribution is -2.53. The van der Waals surface area contributed by atoms with Crippen molar-refractivity contribution in [1.29, 1.82) is 0 Å². The quantitative estimate of drug-likeness (QED) is 0.572. The molecule has 4 amide bonds. The second-order valence-electron chi connectivity index (χ2n) is 8.54.